The molecule has 0 fully saturated rings. The van der Waals surface area contributed by atoms with Gasteiger partial charge in [0, 0.05) is 5.92 Å². The normalized spacial score (nSPS) is 21.7. The first-order valence-corrected chi connectivity index (χ1v) is 6.28. The van der Waals surface area contributed by atoms with Crippen molar-refractivity contribution in [3.05, 3.63) is 76.9 Å². The summed E-state index contributed by atoms with van der Waals surface area (Å²) in [5.41, 5.74) is 4.57. The van der Waals surface area contributed by atoms with E-state index in [0.29, 0.717) is 0 Å². The average Bonchev–Trinajstić information content (AvgIpc) is 2.41. The SMILES string of the molecule is Cc1ccccc1[C@@H]1C=Cc2ccccc2[C@H]1O. The van der Waals surface area contributed by atoms with E-state index in [1.165, 1.54) is 11.1 Å². The molecule has 0 spiro atoms. The fourth-order valence-electron chi connectivity index (χ4n) is 2.67. The average molecular weight is 236 g/mol. The van der Waals surface area contributed by atoms with E-state index in [9.17, 15) is 5.11 Å². The highest BCUT2D eigenvalue weighted by Gasteiger charge is 2.25. The van der Waals surface area contributed by atoms with E-state index in [0.717, 1.165) is 11.1 Å². The van der Waals surface area contributed by atoms with Crippen molar-refractivity contribution in [2.75, 3.05) is 0 Å². The largest absolute Gasteiger partial charge is 0.387 e. The van der Waals surface area contributed by atoms with Gasteiger partial charge in [0.15, 0.2) is 0 Å². The fraction of sp³-hybridized carbons (Fsp3) is 0.176. The van der Waals surface area contributed by atoms with Crippen LogP contribution >= 0.6 is 0 Å². The second-order valence-corrected chi connectivity index (χ2v) is 4.82. The van der Waals surface area contributed by atoms with Gasteiger partial charge in [-0.2, -0.15) is 0 Å². The topological polar surface area (TPSA) is 20.2 Å². The lowest BCUT2D eigenvalue weighted by Crippen LogP contribution is -2.14. The van der Waals surface area contributed by atoms with Crippen molar-refractivity contribution in [3.63, 3.8) is 0 Å². The van der Waals surface area contributed by atoms with E-state index in [4.69, 9.17) is 0 Å². The summed E-state index contributed by atoms with van der Waals surface area (Å²) in [4.78, 5) is 0. The molecule has 1 aliphatic carbocycles. The molecule has 1 N–H and O–H groups in total. The summed E-state index contributed by atoms with van der Waals surface area (Å²) in [6, 6.07) is 16.3. The highest BCUT2D eigenvalue weighted by Crippen LogP contribution is 2.39. The van der Waals surface area contributed by atoms with Crippen LogP contribution in [0.2, 0.25) is 0 Å². The number of aliphatic hydroxyl groups is 1. The molecule has 3 rings (SSSR count). The summed E-state index contributed by atoms with van der Waals surface area (Å²) >= 11 is 0. The summed E-state index contributed by atoms with van der Waals surface area (Å²) < 4.78 is 0. The van der Waals surface area contributed by atoms with E-state index in [1.807, 2.05) is 36.4 Å². The number of hydrogen-bond donors (Lipinski definition) is 1. The number of rotatable bonds is 1. The Morgan fingerprint density at radius 2 is 1.56 bits per heavy atom. The summed E-state index contributed by atoms with van der Waals surface area (Å²) in [5, 5.41) is 10.5. The molecular weight excluding hydrogens is 220 g/mol. The van der Waals surface area contributed by atoms with Gasteiger partial charge in [0.1, 0.15) is 0 Å². The van der Waals surface area contributed by atoms with Crippen LogP contribution in [0.3, 0.4) is 0 Å². The van der Waals surface area contributed by atoms with Crippen molar-refractivity contribution in [1.82, 2.24) is 0 Å². The highest BCUT2D eigenvalue weighted by molar-refractivity contribution is 5.60. The zero-order valence-electron chi connectivity index (χ0n) is 10.4. The molecule has 1 nitrogen and oxygen atoms in total. The van der Waals surface area contributed by atoms with E-state index < -0.39 is 6.10 Å². The minimum atomic E-state index is -0.452. The predicted molar refractivity (Wildman–Crippen MR) is 74.4 cm³/mol. The molecule has 1 heteroatoms. The molecule has 18 heavy (non-hydrogen) atoms. The second kappa shape index (κ2) is 4.43. The smallest absolute Gasteiger partial charge is 0.0899 e. The minimum Gasteiger partial charge on any atom is -0.387 e. The van der Waals surface area contributed by atoms with E-state index in [-0.39, 0.29) is 5.92 Å². The third-order valence-corrected chi connectivity index (χ3v) is 3.69. The Balaban J connectivity index is 2.06. The van der Waals surface area contributed by atoms with E-state index in [2.05, 4.69) is 31.2 Å². The summed E-state index contributed by atoms with van der Waals surface area (Å²) in [7, 11) is 0. The molecule has 0 saturated carbocycles. The van der Waals surface area contributed by atoms with Crippen LogP contribution in [0.25, 0.3) is 6.08 Å². The number of fused-ring (bicyclic) bond motifs is 1. The van der Waals surface area contributed by atoms with E-state index >= 15 is 0 Å². The minimum absolute atomic E-state index is 0.0566. The van der Waals surface area contributed by atoms with Gasteiger partial charge in [0.2, 0.25) is 0 Å². The molecule has 0 saturated heterocycles. The molecule has 0 amide bonds. The highest BCUT2D eigenvalue weighted by atomic mass is 16.3. The zero-order chi connectivity index (χ0) is 12.5. The Morgan fingerprint density at radius 3 is 2.33 bits per heavy atom. The number of hydrogen-bond acceptors (Lipinski definition) is 1. The molecule has 0 radical (unpaired) electrons. The van der Waals surface area contributed by atoms with E-state index in [1.54, 1.807) is 0 Å². The molecule has 0 heterocycles. The van der Waals surface area contributed by atoms with Gasteiger partial charge in [-0.3, -0.25) is 0 Å². The lowest BCUT2D eigenvalue weighted by molar-refractivity contribution is 0.160. The van der Waals surface area contributed by atoms with Crippen molar-refractivity contribution in [3.8, 4) is 0 Å². The zero-order valence-corrected chi connectivity index (χ0v) is 10.4. The first-order valence-electron chi connectivity index (χ1n) is 6.28. The van der Waals surface area contributed by atoms with Gasteiger partial charge >= 0.3 is 0 Å². The molecule has 0 aromatic heterocycles. The lowest BCUT2D eigenvalue weighted by atomic mass is 9.81. The Hall–Kier alpha value is -1.86. The molecule has 0 aliphatic heterocycles. The number of aliphatic hydroxyl groups excluding tert-OH is 1. The van der Waals surface area contributed by atoms with Gasteiger partial charge < -0.3 is 5.11 Å². The van der Waals surface area contributed by atoms with Gasteiger partial charge in [0.25, 0.3) is 0 Å². The Kier molecular flexibility index (Phi) is 2.77. The van der Waals surface area contributed by atoms with Gasteiger partial charge in [-0.25, -0.2) is 0 Å². The molecule has 2 aromatic rings. The van der Waals surface area contributed by atoms with Crippen molar-refractivity contribution in [1.29, 1.82) is 0 Å². The van der Waals surface area contributed by atoms with Crippen LogP contribution in [0.15, 0.2) is 54.6 Å². The van der Waals surface area contributed by atoms with Crippen LogP contribution in [0, 0.1) is 6.92 Å². The van der Waals surface area contributed by atoms with Crippen LogP contribution in [0.4, 0.5) is 0 Å². The number of benzene rings is 2. The van der Waals surface area contributed by atoms with Crippen LogP contribution in [-0.2, 0) is 0 Å². The third kappa shape index (κ3) is 1.77. The summed E-state index contributed by atoms with van der Waals surface area (Å²) in [6.07, 6.45) is 3.77. The molecule has 90 valence electrons. The Bertz CT molecular complexity index is 598. The maximum atomic E-state index is 10.5. The quantitative estimate of drug-likeness (QED) is 0.797. The predicted octanol–water partition coefficient (Wildman–Crippen LogP) is 3.84. The van der Waals surface area contributed by atoms with Crippen LogP contribution in [0.5, 0.6) is 0 Å². The van der Waals surface area contributed by atoms with Crippen molar-refractivity contribution in [2.24, 2.45) is 0 Å². The molecule has 2 aromatic carbocycles. The molecular formula is C17H16O. The molecule has 0 unspecified atom stereocenters. The monoisotopic (exact) mass is 236 g/mol. The van der Waals surface area contributed by atoms with Gasteiger partial charge in [-0.1, -0.05) is 60.7 Å². The van der Waals surface area contributed by atoms with Crippen molar-refractivity contribution < 1.29 is 5.11 Å². The lowest BCUT2D eigenvalue weighted by Gasteiger charge is -2.27. The third-order valence-electron chi connectivity index (χ3n) is 3.69. The van der Waals surface area contributed by atoms with Gasteiger partial charge in [0.05, 0.1) is 6.10 Å². The van der Waals surface area contributed by atoms with Gasteiger partial charge in [-0.15, -0.1) is 0 Å². The van der Waals surface area contributed by atoms with Crippen molar-refractivity contribution >= 4 is 6.08 Å². The van der Waals surface area contributed by atoms with Crippen LogP contribution < -0.4 is 0 Å². The fourth-order valence-corrected chi connectivity index (χ4v) is 2.67. The molecule has 1 aliphatic rings. The first-order chi connectivity index (χ1) is 8.77. The maximum absolute atomic E-state index is 10.5. The van der Waals surface area contributed by atoms with Gasteiger partial charge in [-0.05, 0) is 29.2 Å². The van der Waals surface area contributed by atoms with Crippen molar-refractivity contribution in [2.45, 2.75) is 18.9 Å². The maximum Gasteiger partial charge on any atom is 0.0899 e. The number of aryl methyl sites for hydroxylation is 1. The Morgan fingerprint density at radius 1 is 0.889 bits per heavy atom. The standard InChI is InChI=1S/C17H16O/c1-12-6-2-4-8-14(12)16-11-10-13-7-3-5-9-15(13)17(16)18/h2-11,16-18H,1H3/t16-,17+/m0/s1. The summed E-state index contributed by atoms with van der Waals surface area (Å²) in [5.74, 6) is 0.0566. The molecule has 2 atom stereocenters. The Labute approximate surface area is 107 Å². The second-order valence-electron chi connectivity index (χ2n) is 4.82. The molecule has 0 bridgehead atoms. The summed E-state index contributed by atoms with van der Waals surface area (Å²) in [6.45, 7) is 2.09. The van der Waals surface area contributed by atoms with Crippen LogP contribution in [0.1, 0.15) is 34.3 Å². The van der Waals surface area contributed by atoms with Crippen LogP contribution in [-0.4, -0.2) is 5.11 Å². The first kappa shape index (κ1) is 11.2.